The molecule has 1 saturated carbocycles. The number of allylic oxidation sites excluding steroid dienone is 6. The van der Waals surface area contributed by atoms with E-state index in [1.54, 1.807) is 17.0 Å². The van der Waals surface area contributed by atoms with Crippen molar-refractivity contribution in [2.45, 2.75) is 153 Å². The lowest BCUT2D eigenvalue weighted by Gasteiger charge is -2.31. The van der Waals surface area contributed by atoms with E-state index in [9.17, 15) is 32.1 Å². The zero-order chi connectivity index (χ0) is 54.8. The molecule has 412 valence electrons. The van der Waals surface area contributed by atoms with Gasteiger partial charge in [-0.05, 0) is 88.6 Å². The van der Waals surface area contributed by atoms with E-state index in [0.29, 0.717) is 64.6 Å². The van der Waals surface area contributed by atoms with Gasteiger partial charge >= 0.3 is 16.6 Å². The van der Waals surface area contributed by atoms with Gasteiger partial charge in [0.05, 0.1) is 23.5 Å². The highest BCUT2D eigenvalue weighted by molar-refractivity contribution is 7.85. The van der Waals surface area contributed by atoms with Crippen LogP contribution in [0.4, 0.5) is 16.2 Å². The lowest BCUT2D eigenvalue weighted by Crippen LogP contribution is -2.57. The molecule has 5 N–H and O–H groups in total. The predicted molar refractivity (Wildman–Crippen MR) is 289 cm³/mol. The Morgan fingerprint density at radius 2 is 1.53 bits per heavy atom. The average molecular weight is 1080 g/mol. The zero-order valence-corrected chi connectivity index (χ0v) is 46.3. The van der Waals surface area contributed by atoms with Crippen LogP contribution in [0.3, 0.4) is 0 Å². The topological polar surface area (TPSA) is 241 Å². The lowest BCUT2D eigenvalue weighted by molar-refractivity contribution is -0.438. The summed E-state index contributed by atoms with van der Waals surface area (Å²) in [5, 5.41) is 11.9. The monoisotopic (exact) mass is 1080 g/mol. The number of fused-ring (bicyclic) bond motifs is 2. The minimum atomic E-state index is -4.33. The van der Waals surface area contributed by atoms with Crippen LogP contribution in [0.5, 0.6) is 0 Å². The summed E-state index contributed by atoms with van der Waals surface area (Å²) in [5.41, 5.74) is 5.68. The van der Waals surface area contributed by atoms with E-state index in [-0.39, 0.29) is 47.0 Å². The number of benzene rings is 2. The van der Waals surface area contributed by atoms with Crippen LogP contribution in [0.15, 0.2) is 83.4 Å². The SMILES string of the molecule is CCCCNC(=O)[C@H](CCNC(=O)CCCCC[N+]1=C(C=CC=CC=C2N(CC)c3ccc(S(=O)(=O)O)cc3C2(C)C)C(C)(C)c2ccccc21)NC(=O)[C@H](CC1CCCCC1)NC(=O)N1CCOCC1.O=S(=O)=O. The molecule has 0 bridgehead atoms. The Labute approximate surface area is 445 Å². The number of carbonyl (C=O) groups excluding carboxylic acids is 4. The van der Waals surface area contributed by atoms with Gasteiger partial charge in [0.15, 0.2) is 5.71 Å². The highest BCUT2D eigenvalue weighted by Gasteiger charge is 2.44. The van der Waals surface area contributed by atoms with Crippen molar-refractivity contribution < 1.29 is 54.1 Å². The summed E-state index contributed by atoms with van der Waals surface area (Å²) in [5.74, 6) is -0.468. The van der Waals surface area contributed by atoms with E-state index in [4.69, 9.17) is 17.4 Å². The fourth-order valence-electron chi connectivity index (χ4n) is 10.6. The number of para-hydroxylation sites is 1. The first-order valence-electron chi connectivity index (χ1n) is 26.6. The Hall–Kier alpha value is -5.70. The molecular weight excluding hydrogens is 999 g/mol. The third kappa shape index (κ3) is 16.9. The largest absolute Gasteiger partial charge is 0.425 e. The van der Waals surface area contributed by atoms with Gasteiger partial charge in [-0.15, -0.1) is 12.6 Å². The standard InChI is InChI=1S/C55H79N7O8S.O3S/c1-7-9-31-57-51(64)44(58-52(65)45(38-40-21-13-10-14-22-40)59-53(66)60-34-36-70-37-35-60)30-32-56-50(63)27-17-12-20-33-62-46-24-19-18-23-42(46)54(3,4)49(62)26-16-11-15-25-48-55(5,6)43-39-41(71(67,68)69)28-29-47(43)61(48)8-2;1-4(2)3/h11,15-16,18-19,23-26,28-29,39-40,44-45H,7-10,12-14,17,20-22,27,30-38H2,1-6H3,(H4-,56,57,58,59,63,64,65,66,67,68,69);/p+1/t44-,45-;/m0./s1. The molecule has 1 aliphatic carbocycles. The van der Waals surface area contributed by atoms with Crippen molar-refractivity contribution in [2.75, 3.05) is 57.4 Å². The summed E-state index contributed by atoms with van der Waals surface area (Å²) in [6.07, 6.45) is 20.9. The number of amides is 5. The summed E-state index contributed by atoms with van der Waals surface area (Å²) in [4.78, 5) is 57.6. The number of urea groups is 1. The summed E-state index contributed by atoms with van der Waals surface area (Å²) in [6.45, 7) is 16.7. The normalized spacial score (nSPS) is 18.5. The average Bonchev–Trinajstić information content (AvgIpc) is 3.73. The molecule has 5 amide bonds. The Morgan fingerprint density at radius 3 is 2.21 bits per heavy atom. The second kappa shape index (κ2) is 28.4. The van der Waals surface area contributed by atoms with Crippen LogP contribution in [-0.4, -0.2) is 129 Å². The van der Waals surface area contributed by atoms with E-state index in [2.05, 4.69) is 108 Å². The molecule has 6 rings (SSSR count). The lowest BCUT2D eigenvalue weighted by atomic mass is 9.81. The minimum Gasteiger partial charge on any atom is -0.378 e. The van der Waals surface area contributed by atoms with Crippen LogP contribution in [0.25, 0.3) is 0 Å². The van der Waals surface area contributed by atoms with E-state index < -0.39 is 38.2 Å². The number of unbranched alkanes of at least 4 members (excludes halogenated alkanes) is 3. The van der Waals surface area contributed by atoms with Gasteiger partial charge in [0, 0.05) is 80.1 Å². The van der Waals surface area contributed by atoms with Gasteiger partial charge in [-0.25, -0.2) is 4.79 Å². The van der Waals surface area contributed by atoms with Crippen LogP contribution in [-0.2, 0) is 50.7 Å². The molecule has 4 aliphatic rings. The zero-order valence-electron chi connectivity index (χ0n) is 44.7. The van der Waals surface area contributed by atoms with Crippen molar-refractivity contribution >= 4 is 61.6 Å². The van der Waals surface area contributed by atoms with E-state index in [1.807, 2.05) is 19.1 Å². The maximum absolute atomic E-state index is 14.0. The van der Waals surface area contributed by atoms with Gasteiger partial charge in [-0.3, -0.25) is 18.9 Å². The first-order chi connectivity index (χ1) is 35.7. The molecule has 0 spiro atoms. The molecule has 3 aliphatic heterocycles. The van der Waals surface area contributed by atoms with Crippen LogP contribution < -0.4 is 26.2 Å². The minimum absolute atomic E-state index is 0.103. The summed E-state index contributed by atoms with van der Waals surface area (Å²) < 4.78 is 66.8. The summed E-state index contributed by atoms with van der Waals surface area (Å²) in [6, 6.07) is 11.3. The second-order valence-corrected chi connectivity index (χ2v) is 22.5. The van der Waals surface area contributed by atoms with Crippen LogP contribution in [0.2, 0.25) is 0 Å². The molecule has 0 aromatic heterocycles. The van der Waals surface area contributed by atoms with Crippen molar-refractivity contribution in [1.29, 1.82) is 0 Å². The van der Waals surface area contributed by atoms with Crippen molar-refractivity contribution in [2.24, 2.45) is 5.92 Å². The Morgan fingerprint density at radius 1 is 0.827 bits per heavy atom. The third-order valence-corrected chi connectivity index (χ3v) is 15.6. The van der Waals surface area contributed by atoms with Crippen LogP contribution in [0.1, 0.15) is 136 Å². The van der Waals surface area contributed by atoms with Crippen LogP contribution >= 0.6 is 0 Å². The van der Waals surface area contributed by atoms with Gasteiger partial charge in [-0.1, -0.05) is 95.7 Å². The maximum atomic E-state index is 14.0. The van der Waals surface area contributed by atoms with Gasteiger partial charge in [-0.2, -0.15) is 13.0 Å². The first kappa shape index (κ1) is 60.2. The molecule has 1 saturated heterocycles. The number of hydrogen-bond donors (Lipinski definition) is 5. The first-order valence-corrected chi connectivity index (χ1v) is 29.1. The number of rotatable bonds is 23. The quantitative estimate of drug-likeness (QED) is 0.0328. The Kier molecular flexibility index (Phi) is 22.8. The third-order valence-electron chi connectivity index (χ3n) is 14.7. The number of hydrogen-bond acceptors (Lipinski definition) is 11. The molecule has 3 heterocycles. The maximum Gasteiger partial charge on any atom is 0.425 e. The number of anilines is 1. The number of carbonyl (C=O) groups is 4. The smallest absolute Gasteiger partial charge is 0.378 e. The Bertz CT molecular complexity index is 2670. The molecule has 0 unspecified atom stereocenters. The summed E-state index contributed by atoms with van der Waals surface area (Å²) >= 11 is 0. The van der Waals surface area contributed by atoms with E-state index >= 15 is 0 Å². The summed E-state index contributed by atoms with van der Waals surface area (Å²) in [7, 11) is -7.44. The van der Waals surface area contributed by atoms with E-state index in [1.165, 1.54) is 29.4 Å². The number of likely N-dealkylation sites (N-methyl/N-ethyl adjacent to an activating group) is 1. The predicted octanol–water partition coefficient (Wildman–Crippen LogP) is 6.97. The molecule has 2 aromatic carbocycles. The molecule has 2 fully saturated rings. The molecule has 2 aromatic rings. The number of ether oxygens (including phenoxy) is 1. The van der Waals surface area contributed by atoms with Crippen molar-refractivity contribution in [3.63, 3.8) is 0 Å². The molecular formula is C55H80N7O11S2+. The van der Waals surface area contributed by atoms with Gasteiger partial charge in [0.1, 0.15) is 18.6 Å². The van der Waals surface area contributed by atoms with Crippen molar-refractivity contribution in [3.8, 4) is 0 Å². The fourth-order valence-corrected chi connectivity index (χ4v) is 11.1. The number of nitrogens with zero attached hydrogens (tertiary/aromatic N) is 3. The van der Waals surface area contributed by atoms with E-state index in [0.717, 1.165) is 74.9 Å². The van der Waals surface area contributed by atoms with Crippen molar-refractivity contribution in [3.05, 3.63) is 89.7 Å². The van der Waals surface area contributed by atoms with Gasteiger partial charge in [0.25, 0.3) is 10.1 Å². The highest BCUT2D eigenvalue weighted by Crippen LogP contribution is 2.48. The second-order valence-electron chi connectivity index (χ2n) is 20.7. The van der Waals surface area contributed by atoms with Crippen molar-refractivity contribution in [1.82, 2.24) is 26.2 Å². The molecule has 0 radical (unpaired) electrons. The van der Waals surface area contributed by atoms with Gasteiger partial charge < -0.3 is 35.8 Å². The molecule has 18 nitrogen and oxygen atoms in total. The molecule has 20 heteroatoms. The highest BCUT2D eigenvalue weighted by atomic mass is 32.2. The van der Waals surface area contributed by atoms with Gasteiger partial charge in [0.2, 0.25) is 23.4 Å². The molecule has 2 atom stereocenters. The van der Waals surface area contributed by atoms with Crippen LogP contribution in [0, 0.1) is 5.92 Å². The molecule has 75 heavy (non-hydrogen) atoms. The Balaban J connectivity index is 0.00000251. The number of morpholine rings is 1. The fraction of sp³-hybridized carbons (Fsp3) is 0.582. The number of nitrogens with one attached hydrogen (secondary N) is 4.